The zero-order valence-corrected chi connectivity index (χ0v) is 20.3. The van der Waals surface area contributed by atoms with Crippen molar-refractivity contribution in [1.29, 1.82) is 0 Å². The maximum absolute atomic E-state index is 13.4. The standard InChI is InChI=1S/C29H27FN2O2S/c1-21-6-5-7-22(16-21)19-32-20-27(31-35(33,34)28-8-3-2-4-9-28)18-25-17-24(12-15-29(25)32)23-10-13-26(30)14-11-23/h2-17,27,31H,18-20H2,1H3. The van der Waals surface area contributed by atoms with Gasteiger partial charge >= 0.3 is 0 Å². The molecule has 0 radical (unpaired) electrons. The molecule has 0 spiro atoms. The minimum Gasteiger partial charge on any atom is -0.365 e. The fourth-order valence-corrected chi connectivity index (χ4v) is 5.97. The Bertz CT molecular complexity index is 1440. The van der Waals surface area contributed by atoms with E-state index in [4.69, 9.17) is 0 Å². The highest BCUT2D eigenvalue weighted by Crippen LogP contribution is 2.33. The molecule has 6 heteroatoms. The van der Waals surface area contributed by atoms with E-state index in [1.165, 1.54) is 23.3 Å². The Morgan fingerprint density at radius 2 is 1.63 bits per heavy atom. The Labute approximate surface area is 206 Å². The maximum Gasteiger partial charge on any atom is 0.240 e. The summed E-state index contributed by atoms with van der Waals surface area (Å²) in [5, 5.41) is 0. The number of anilines is 1. The first-order chi connectivity index (χ1) is 16.9. The number of fused-ring (bicyclic) bond motifs is 1. The van der Waals surface area contributed by atoms with Gasteiger partial charge in [0.25, 0.3) is 0 Å². The van der Waals surface area contributed by atoms with E-state index in [-0.39, 0.29) is 16.8 Å². The van der Waals surface area contributed by atoms with E-state index in [2.05, 4.69) is 46.9 Å². The molecule has 35 heavy (non-hydrogen) atoms. The molecule has 4 nitrogen and oxygen atoms in total. The smallest absolute Gasteiger partial charge is 0.240 e. The molecule has 0 aliphatic carbocycles. The van der Waals surface area contributed by atoms with Gasteiger partial charge in [-0.15, -0.1) is 0 Å². The van der Waals surface area contributed by atoms with Crippen molar-refractivity contribution >= 4 is 15.7 Å². The fraction of sp³-hybridized carbons (Fsp3) is 0.172. The maximum atomic E-state index is 13.4. The van der Waals surface area contributed by atoms with E-state index in [9.17, 15) is 12.8 Å². The molecule has 5 rings (SSSR count). The number of nitrogens with one attached hydrogen (secondary N) is 1. The van der Waals surface area contributed by atoms with E-state index >= 15 is 0 Å². The van der Waals surface area contributed by atoms with Gasteiger partial charge in [0.15, 0.2) is 0 Å². The SMILES string of the molecule is Cc1cccc(CN2CC(NS(=O)(=O)c3ccccc3)Cc3cc(-c4ccc(F)cc4)ccc32)c1. The second-order valence-corrected chi connectivity index (χ2v) is 10.8. The van der Waals surface area contributed by atoms with Gasteiger partial charge in [-0.2, -0.15) is 0 Å². The highest BCUT2D eigenvalue weighted by atomic mass is 32.2. The Kier molecular flexibility index (Phi) is 6.41. The molecule has 0 amide bonds. The van der Waals surface area contributed by atoms with Crippen LogP contribution in [0, 0.1) is 12.7 Å². The summed E-state index contributed by atoms with van der Waals surface area (Å²) in [5.41, 5.74) is 6.41. The van der Waals surface area contributed by atoms with Gasteiger partial charge in [0, 0.05) is 24.8 Å². The zero-order chi connectivity index (χ0) is 24.4. The van der Waals surface area contributed by atoms with Gasteiger partial charge in [-0.3, -0.25) is 0 Å². The quantitative estimate of drug-likeness (QED) is 0.380. The second-order valence-electron chi connectivity index (χ2n) is 9.06. The van der Waals surface area contributed by atoms with E-state index in [0.717, 1.165) is 22.4 Å². The lowest BCUT2D eigenvalue weighted by atomic mass is 9.93. The first-order valence-electron chi connectivity index (χ1n) is 11.6. The van der Waals surface area contributed by atoms with Gasteiger partial charge in [-0.25, -0.2) is 17.5 Å². The van der Waals surface area contributed by atoms with Gasteiger partial charge in [-0.05, 0) is 72.0 Å². The molecule has 4 aromatic rings. The zero-order valence-electron chi connectivity index (χ0n) is 19.5. The van der Waals surface area contributed by atoms with Crippen LogP contribution in [0.2, 0.25) is 0 Å². The average Bonchev–Trinajstić information content (AvgIpc) is 2.84. The number of nitrogens with zero attached hydrogens (tertiary/aromatic N) is 1. The molecule has 1 N–H and O–H groups in total. The molecule has 0 saturated carbocycles. The molecular formula is C29H27FN2O2S. The summed E-state index contributed by atoms with van der Waals surface area (Å²) in [6.45, 7) is 3.30. The van der Waals surface area contributed by atoms with Gasteiger partial charge in [0.2, 0.25) is 10.0 Å². The molecule has 1 unspecified atom stereocenters. The topological polar surface area (TPSA) is 49.4 Å². The molecule has 1 heterocycles. The van der Waals surface area contributed by atoms with Crippen LogP contribution in [-0.2, 0) is 23.0 Å². The van der Waals surface area contributed by atoms with Crippen molar-refractivity contribution in [1.82, 2.24) is 4.72 Å². The normalized spacial score (nSPS) is 15.6. The molecule has 4 aromatic carbocycles. The number of hydrogen-bond donors (Lipinski definition) is 1. The molecule has 0 fully saturated rings. The highest BCUT2D eigenvalue weighted by molar-refractivity contribution is 7.89. The Hall–Kier alpha value is -3.48. The van der Waals surface area contributed by atoms with Crippen molar-refractivity contribution in [2.24, 2.45) is 0 Å². The third-order valence-corrected chi connectivity index (χ3v) is 7.87. The van der Waals surface area contributed by atoms with E-state index in [1.807, 2.05) is 12.1 Å². The van der Waals surface area contributed by atoms with Gasteiger partial charge in [0.05, 0.1) is 4.90 Å². The molecule has 0 bridgehead atoms. The summed E-state index contributed by atoms with van der Waals surface area (Å²) in [6.07, 6.45) is 0.570. The van der Waals surface area contributed by atoms with Crippen LogP contribution in [0.1, 0.15) is 16.7 Å². The minimum atomic E-state index is -3.65. The van der Waals surface area contributed by atoms with Crippen LogP contribution in [0.4, 0.5) is 10.1 Å². The summed E-state index contributed by atoms with van der Waals surface area (Å²) in [6, 6.07) is 29.2. The van der Waals surface area contributed by atoms with Crippen molar-refractivity contribution in [3.8, 4) is 11.1 Å². The lowest BCUT2D eigenvalue weighted by Crippen LogP contribution is -2.48. The Balaban J connectivity index is 1.49. The number of sulfonamides is 1. The number of benzene rings is 4. The molecule has 1 aliphatic heterocycles. The molecular weight excluding hydrogens is 459 g/mol. The number of hydrogen-bond acceptors (Lipinski definition) is 3. The lowest BCUT2D eigenvalue weighted by molar-refractivity contribution is 0.524. The lowest BCUT2D eigenvalue weighted by Gasteiger charge is -2.37. The Morgan fingerprint density at radius 3 is 2.37 bits per heavy atom. The highest BCUT2D eigenvalue weighted by Gasteiger charge is 2.28. The monoisotopic (exact) mass is 486 g/mol. The summed E-state index contributed by atoms with van der Waals surface area (Å²) >= 11 is 0. The third-order valence-electron chi connectivity index (χ3n) is 6.34. The first kappa shape index (κ1) is 23.3. The van der Waals surface area contributed by atoms with Crippen LogP contribution in [0.3, 0.4) is 0 Å². The van der Waals surface area contributed by atoms with E-state index < -0.39 is 10.0 Å². The summed E-state index contributed by atoms with van der Waals surface area (Å²) in [4.78, 5) is 2.50. The molecule has 0 aromatic heterocycles. The van der Waals surface area contributed by atoms with Crippen LogP contribution < -0.4 is 9.62 Å². The van der Waals surface area contributed by atoms with Crippen LogP contribution in [-0.4, -0.2) is 21.0 Å². The fourth-order valence-electron chi connectivity index (χ4n) is 4.72. The van der Waals surface area contributed by atoms with Crippen LogP contribution >= 0.6 is 0 Å². The van der Waals surface area contributed by atoms with Crippen LogP contribution in [0.15, 0.2) is 102 Å². The predicted octanol–water partition coefficient (Wildman–Crippen LogP) is 5.71. The first-order valence-corrected chi connectivity index (χ1v) is 13.1. The predicted molar refractivity (Wildman–Crippen MR) is 138 cm³/mol. The summed E-state index contributed by atoms with van der Waals surface area (Å²) < 4.78 is 42.5. The van der Waals surface area contributed by atoms with E-state index in [0.29, 0.717) is 19.5 Å². The van der Waals surface area contributed by atoms with Crippen molar-refractivity contribution in [3.63, 3.8) is 0 Å². The molecule has 1 aliphatic rings. The van der Waals surface area contributed by atoms with Crippen LogP contribution in [0.5, 0.6) is 0 Å². The van der Waals surface area contributed by atoms with Crippen LogP contribution in [0.25, 0.3) is 11.1 Å². The van der Waals surface area contributed by atoms with Gasteiger partial charge in [-0.1, -0.05) is 66.2 Å². The number of aryl methyl sites for hydroxylation is 1. The molecule has 1 atom stereocenters. The van der Waals surface area contributed by atoms with Crippen molar-refractivity contribution in [2.75, 3.05) is 11.4 Å². The average molecular weight is 487 g/mol. The number of halogens is 1. The van der Waals surface area contributed by atoms with Crippen molar-refractivity contribution in [3.05, 3.63) is 120 Å². The van der Waals surface area contributed by atoms with Gasteiger partial charge in [0.1, 0.15) is 5.82 Å². The summed E-state index contributed by atoms with van der Waals surface area (Å²) in [7, 11) is -3.65. The number of rotatable bonds is 6. The molecule has 0 saturated heterocycles. The van der Waals surface area contributed by atoms with Gasteiger partial charge < -0.3 is 4.90 Å². The van der Waals surface area contributed by atoms with E-state index in [1.54, 1.807) is 42.5 Å². The van der Waals surface area contributed by atoms with Crippen molar-refractivity contribution < 1.29 is 12.8 Å². The third kappa shape index (κ3) is 5.29. The van der Waals surface area contributed by atoms with Crippen molar-refractivity contribution in [2.45, 2.75) is 30.8 Å². The second kappa shape index (κ2) is 9.64. The minimum absolute atomic E-state index is 0.260. The Morgan fingerprint density at radius 1 is 0.886 bits per heavy atom. The molecule has 178 valence electrons. The summed E-state index contributed by atoms with van der Waals surface area (Å²) in [5.74, 6) is -0.272. The largest absolute Gasteiger partial charge is 0.365 e.